The fourth-order valence-corrected chi connectivity index (χ4v) is 3.30. The van der Waals surface area contributed by atoms with E-state index in [0.717, 1.165) is 47.2 Å². The molecule has 28 heavy (non-hydrogen) atoms. The van der Waals surface area contributed by atoms with Crippen molar-refractivity contribution in [3.63, 3.8) is 0 Å². The summed E-state index contributed by atoms with van der Waals surface area (Å²) in [6, 6.07) is 8.20. The average molecular weight is 496 g/mol. The molecule has 2 aromatic rings. The van der Waals surface area contributed by atoms with E-state index < -0.39 is 0 Å². The van der Waals surface area contributed by atoms with E-state index in [-0.39, 0.29) is 30.1 Å². The second-order valence-electron chi connectivity index (χ2n) is 6.67. The number of aliphatic imine (C=N–C) groups is 1. The summed E-state index contributed by atoms with van der Waals surface area (Å²) in [5.74, 6) is 2.63. The minimum Gasteiger partial charge on any atom is -0.496 e. The fraction of sp³-hybridized carbons (Fsp3) is 0.429. The number of para-hydroxylation sites is 1. The third-order valence-electron chi connectivity index (χ3n) is 4.69. The molecule has 6 nitrogen and oxygen atoms in total. The number of nitrogens with zero attached hydrogens (tertiary/aromatic N) is 2. The largest absolute Gasteiger partial charge is 0.496 e. The molecular weight excluding hydrogens is 467 g/mol. The Morgan fingerprint density at radius 1 is 1.29 bits per heavy atom. The molecule has 7 heteroatoms. The van der Waals surface area contributed by atoms with Crippen molar-refractivity contribution in [1.82, 2.24) is 15.6 Å². The molecular formula is C21H29IN4O2. The highest BCUT2D eigenvalue weighted by atomic mass is 127. The summed E-state index contributed by atoms with van der Waals surface area (Å²) >= 11 is 0. The number of benzene rings is 1. The van der Waals surface area contributed by atoms with Gasteiger partial charge >= 0.3 is 0 Å². The van der Waals surface area contributed by atoms with Crippen molar-refractivity contribution in [3.05, 3.63) is 52.8 Å². The molecule has 1 aromatic heterocycles. The highest BCUT2D eigenvalue weighted by Crippen LogP contribution is 2.27. The number of aryl methyl sites for hydroxylation is 1. The molecule has 0 spiro atoms. The van der Waals surface area contributed by atoms with E-state index in [0.29, 0.717) is 13.1 Å². The molecule has 3 rings (SSSR count). The van der Waals surface area contributed by atoms with Gasteiger partial charge in [-0.25, -0.2) is 4.99 Å². The van der Waals surface area contributed by atoms with Gasteiger partial charge in [-0.1, -0.05) is 18.2 Å². The summed E-state index contributed by atoms with van der Waals surface area (Å²) in [4.78, 5) is 9.20. The molecule has 1 unspecified atom stereocenters. The number of guanidine groups is 1. The number of methoxy groups -OCH3 is 1. The molecule has 0 aliphatic carbocycles. The lowest BCUT2D eigenvalue weighted by Crippen LogP contribution is -2.42. The number of nitrogens with one attached hydrogen (secondary N) is 2. The van der Waals surface area contributed by atoms with E-state index in [9.17, 15) is 0 Å². The minimum atomic E-state index is 0. The van der Waals surface area contributed by atoms with Crippen LogP contribution in [0.1, 0.15) is 29.3 Å². The first-order valence-corrected chi connectivity index (χ1v) is 9.38. The number of rotatable bonds is 6. The Bertz CT molecular complexity index is 801. The van der Waals surface area contributed by atoms with Crippen LogP contribution in [0.4, 0.5) is 0 Å². The van der Waals surface area contributed by atoms with Gasteiger partial charge in [0.05, 0.1) is 25.9 Å². The molecule has 0 saturated carbocycles. The molecule has 0 radical (unpaired) electrons. The number of hydrogen-bond donors (Lipinski definition) is 2. The maximum Gasteiger partial charge on any atom is 0.191 e. The number of pyridine rings is 1. The zero-order chi connectivity index (χ0) is 19.2. The van der Waals surface area contributed by atoms with Gasteiger partial charge in [0.2, 0.25) is 0 Å². The molecule has 1 aliphatic heterocycles. The molecule has 1 aliphatic rings. The molecule has 1 aromatic carbocycles. The Hall–Kier alpha value is -2.03. The van der Waals surface area contributed by atoms with Crippen LogP contribution >= 0.6 is 24.0 Å². The zero-order valence-corrected chi connectivity index (χ0v) is 19.2. The zero-order valence-electron chi connectivity index (χ0n) is 16.9. The van der Waals surface area contributed by atoms with Gasteiger partial charge in [0.15, 0.2) is 5.96 Å². The van der Waals surface area contributed by atoms with E-state index in [2.05, 4.69) is 39.7 Å². The van der Waals surface area contributed by atoms with Crippen molar-refractivity contribution in [2.24, 2.45) is 4.99 Å². The summed E-state index contributed by atoms with van der Waals surface area (Å²) in [5, 5.41) is 6.66. The maximum absolute atomic E-state index is 5.99. The Balaban J connectivity index is 0.00000280. The summed E-state index contributed by atoms with van der Waals surface area (Å²) in [6.45, 7) is 8.05. The van der Waals surface area contributed by atoms with Crippen LogP contribution in [-0.2, 0) is 13.0 Å². The van der Waals surface area contributed by atoms with E-state index in [1.165, 1.54) is 5.56 Å². The Morgan fingerprint density at radius 2 is 2.07 bits per heavy atom. The normalized spacial score (nSPS) is 15.3. The highest BCUT2D eigenvalue weighted by Gasteiger charge is 2.22. The van der Waals surface area contributed by atoms with Gasteiger partial charge in [0.25, 0.3) is 0 Å². The Morgan fingerprint density at radius 3 is 2.79 bits per heavy atom. The molecule has 0 amide bonds. The van der Waals surface area contributed by atoms with Crippen LogP contribution in [0.5, 0.6) is 11.5 Å². The van der Waals surface area contributed by atoms with Crippen molar-refractivity contribution in [1.29, 1.82) is 0 Å². The first kappa shape index (κ1) is 22.3. The second kappa shape index (κ2) is 10.5. The van der Waals surface area contributed by atoms with Crippen LogP contribution in [0, 0.1) is 13.8 Å². The van der Waals surface area contributed by atoms with Crippen LogP contribution in [0.2, 0.25) is 0 Å². The number of hydrogen-bond acceptors (Lipinski definition) is 4. The summed E-state index contributed by atoms with van der Waals surface area (Å²) in [5.41, 5.74) is 4.24. The van der Waals surface area contributed by atoms with E-state index >= 15 is 0 Å². The highest BCUT2D eigenvalue weighted by molar-refractivity contribution is 14.0. The van der Waals surface area contributed by atoms with Gasteiger partial charge in [-0.2, -0.15) is 0 Å². The van der Waals surface area contributed by atoms with Gasteiger partial charge in [-0.05, 0) is 32.4 Å². The smallest absolute Gasteiger partial charge is 0.191 e. The lowest BCUT2D eigenvalue weighted by molar-refractivity contribution is 0.235. The molecule has 1 atom stereocenters. The van der Waals surface area contributed by atoms with Crippen molar-refractivity contribution in [2.75, 3.05) is 20.2 Å². The van der Waals surface area contributed by atoms with Crippen LogP contribution in [0.25, 0.3) is 0 Å². The first-order valence-electron chi connectivity index (χ1n) is 9.38. The van der Waals surface area contributed by atoms with Gasteiger partial charge in [-0.15, -0.1) is 24.0 Å². The van der Waals surface area contributed by atoms with Crippen LogP contribution in [-0.4, -0.2) is 37.2 Å². The Labute approximate surface area is 184 Å². The molecule has 0 saturated heterocycles. The summed E-state index contributed by atoms with van der Waals surface area (Å²) < 4.78 is 11.5. The quantitative estimate of drug-likeness (QED) is 0.365. The Kier molecular flexibility index (Phi) is 8.35. The number of ether oxygens (including phenoxy) is 2. The average Bonchev–Trinajstić information content (AvgIpc) is 3.08. The van der Waals surface area contributed by atoms with E-state index in [4.69, 9.17) is 9.47 Å². The number of halogens is 1. The van der Waals surface area contributed by atoms with Crippen LogP contribution < -0.4 is 20.1 Å². The molecule has 152 valence electrons. The lowest BCUT2D eigenvalue weighted by Gasteiger charge is -2.16. The second-order valence-corrected chi connectivity index (χ2v) is 6.67. The van der Waals surface area contributed by atoms with Gasteiger partial charge < -0.3 is 20.1 Å². The number of aromatic nitrogens is 1. The van der Waals surface area contributed by atoms with Gasteiger partial charge in [-0.3, -0.25) is 4.98 Å². The SMILES string of the molecule is CCNC(=NCc1ncc(C)c(OC)c1C)NCC1Cc2ccccc2O1.I. The summed E-state index contributed by atoms with van der Waals surface area (Å²) in [6.07, 6.45) is 2.87. The monoisotopic (exact) mass is 496 g/mol. The van der Waals surface area contributed by atoms with Crippen molar-refractivity contribution < 1.29 is 9.47 Å². The van der Waals surface area contributed by atoms with Crippen LogP contribution in [0.15, 0.2) is 35.5 Å². The molecule has 2 heterocycles. The van der Waals surface area contributed by atoms with Crippen molar-refractivity contribution >= 4 is 29.9 Å². The van der Waals surface area contributed by atoms with Crippen molar-refractivity contribution in [3.8, 4) is 11.5 Å². The van der Waals surface area contributed by atoms with E-state index in [1.54, 1.807) is 7.11 Å². The first-order chi connectivity index (χ1) is 13.1. The topological polar surface area (TPSA) is 67.8 Å². The fourth-order valence-electron chi connectivity index (χ4n) is 3.30. The molecule has 0 bridgehead atoms. The molecule has 2 N–H and O–H groups in total. The number of fused-ring (bicyclic) bond motifs is 1. The maximum atomic E-state index is 5.99. The van der Waals surface area contributed by atoms with Gasteiger partial charge in [0.1, 0.15) is 17.6 Å². The van der Waals surface area contributed by atoms with Crippen LogP contribution in [0.3, 0.4) is 0 Å². The predicted octanol–water partition coefficient (Wildman–Crippen LogP) is 3.38. The minimum absolute atomic E-state index is 0. The van der Waals surface area contributed by atoms with Gasteiger partial charge in [0, 0.05) is 30.3 Å². The third kappa shape index (κ3) is 5.27. The lowest BCUT2D eigenvalue weighted by atomic mass is 10.1. The van der Waals surface area contributed by atoms with Crippen molar-refractivity contribution in [2.45, 2.75) is 39.8 Å². The predicted molar refractivity (Wildman–Crippen MR) is 123 cm³/mol. The standard InChI is InChI=1S/C21H28N4O2.HI/c1-5-22-21(24-12-17-10-16-8-6-7-9-19(16)27-17)25-13-18-15(3)20(26-4)14(2)11-23-18;/h6-9,11,17H,5,10,12-13H2,1-4H3,(H2,22,24,25);1H. The third-order valence-corrected chi connectivity index (χ3v) is 4.69. The molecule has 0 fully saturated rings. The van der Waals surface area contributed by atoms with E-state index in [1.807, 2.05) is 32.2 Å². The summed E-state index contributed by atoms with van der Waals surface area (Å²) in [7, 11) is 1.69.